The average molecular weight is 385 g/mol. The maximum Gasteiger partial charge on any atom is 0.337 e. The smallest absolute Gasteiger partial charge is 0.337 e. The van der Waals surface area contributed by atoms with E-state index in [0.717, 1.165) is 5.56 Å². The van der Waals surface area contributed by atoms with E-state index < -0.39 is 12.0 Å². The third-order valence-electron chi connectivity index (χ3n) is 4.59. The van der Waals surface area contributed by atoms with Crippen molar-refractivity contribution in [3.05, 3.63) is 53.6 Å². The number of hydrogen-bond acceptors (Lipinski definition) is 7. The number of ether oxygens (including phenoxy) is 3. The zero-order chi connectivity index (χ0) is 20.1. The van der Waals surface area contributed by atoms with Gasteiger partial charge >= 0.3 is 5.97 Å². The van der Waals surface area contributed by atoms with E-state index >= 15 is 0 Å². The molecule has 3 rings (SSSR count). The molecule has 1 saturated heterocycles. The van der Waals surface area contributed by atoms with Crippen LogP contribution in [-0.2, 0) is 9.53 Å². The highest BCUT2D eigenvalue weighted by molar-refractivity contribution is 5.97. The fraction of sp³-hybridized carbons (Fsp3) is 0.300. The molecule has 0 spiro atoms. The van der Waals surface area contributed by atoms with Crippen LogP contribution in [0.3, 0.4) is 0 Å². The second-order valence-electron chi connectivity index (χ2n) is 6.30. The molecule has 2 aromatic rings. The summed E-state index contributed by atoms with van der Waals surface area (Å²) in [4.78, 5) is 24.3. The van der Waals surface area contributed by atoms with Crippen LogP contribution in [-0.4, -0.2) is 39.2 Å². The summed E-state index contributed by atoms with van der Waals surface area (Å²) in [7, 11) is 4.51. The molecule has 0 radical (unpaired) electrons. The van der Waals surface area contributed by atoms with Crippen molar-refractivity contribution in [3.8, 4) is 11.5 Å². The van der Waals surface area contributed by atoms with Crippen molar-refractivity contribution < 1.29 is 23.8 Å². The number of rotatable bonds is 6. The van der Waals surface area contributed by atoms with Gasteiger partial charge in [0, 0.05) is 17.3 Å². The van der Waals surface area contributed by atoms with Gasteiger partial charge in [-0.15, -0.1) is 0 Å². The molecule has 0 saturated carbocycles. The van der Waals surface area contributed by atoms with Crippen molar-refractivity contribution in [3.63, 3.8) is 0 Å². The first-order valence-corrected chi connectivity index (χ1v) is 8.78. The van der Waals surface area contributed by atoms with Crippen molar-refractivity contribution in [2.24, 2.45) is 0 Å². The molecule has 0 aromatic heterocycles. The molecule has 2 aromatic carbocycles. The van der Waals surface area contributed by atoms with Gasteiger partial charge in [0.25, 0.3) is 0 Å². The summed E-state index contributed by atoms with van der Waals surface area (Å²) in [6, 6.07) is 11.6. The molecule has 2 unspecified atom stereocenters. The van der Waals surface area contributed by atoms with Crippen LogP contribution in [0.25, 0.3) is 0 Å². The van der Waals surface area contributed by atoms with Gasteiger partial charge in [0.2, 0.25) is 5.91 Å². The van der Waals surface area contributed by atoms with Crippen molar-refractivity contribution in [2.45, 2.75) is 18.5 Å². The highest BCUT2D eigenvalue weighted by Crippen LogP contribution is 2.33. The Bertz CT molecular complexity index is 871. The maximum absolute atomic E-state index is 12.6. The van der Waals surface area contributed by atoms with Gasteiger partial charge < -0.3 is 19.5 Å². The minimum Gasteiger partial charge on any atom is -0.497 e. The standard InChI is InChI=1S/C20H23N3O5/c1-26-14-7-8-15(18(10-14)27-2)16-11-17(23-22-16)19(24)21-13-6-4-5-12(9-13)20(25)28-3/h4-10,16-17,22-23H,11H2,1-3H3,(H,21,24). The van der Waals surface area contributed by atoms with Gasteiger partial charge in [-0.05, 0) is 30.7 Å². The molecule has 8 nitrogen and oxygen atoms in total. The molecule has 1 aliphatic heterocycles. The number of methoxy groups -OCH3 is 3. The molecule has 0 bridgehead atoms. The molecule has 1 amide bonds. The van der Waals surface area contributed by atoms with Gasteiger partial charge in [0.05, 0.1) is 32.9 Å². The largest absolute Gasteiger partial charge is 0.497 e. The summed E-state index contributed by atoms with van der Waals surface area (Å²) in [5.41, 5.74) is 7.98. The predicted molar refractivity (Wildman–Crippen MR) is 103 cm³/mol. The highest BCUT2D eigenvalue weighted by Gasteiger charge is 2.31. The van der Waals surface area contributed by atoms with Crippen LogP contribution in [0.15, 0.2) is 42.5 Å². The number of esters is 1. The van der Waals surface area contributed by atoms with E-state index in [1.54, 1.807) is 38.5 Å². The number of hydrazine groups is 1. The molecule has 3 N–H and O–H groups in total. The quantitative estimate of drug-likeness (QED) is 0.655. The molecule has 2 atom stereocenters. The lowest BCUT2D eigenvalue weighted by Crippen LogP contribution is -2.39. The number of carbonyl (C=O) groups is 2. The van der Waals surface area contributed by atoms with E-state index in [-0.39, 0.29) is 11.9 Å². The summed E-state index contributed by atoms with van der Waals surface area (Å²) >= 11 is 0. The lowest BCUT2D eigenvalue weighted by molar-refractivity contribution is -0.117. The van der Waals surface area contributed by atoms with Crippen molar-refractivity contribution in [1.82, 2.24) is 10.9 Å². The van der Waals surface area contributed by atoms with E-state index in [9.17, 15) is 9.59 Å². The Morgan fingerprint density at radius 3 is 2.57 bits per heavy atom. The van der Waals surface area contributed by atoms with Gasteiger partial charge in [-0.1, -0.05) is 12.1 Å². The van der Waals surface area contributed by atoms with Crippen LogP contribution in [0.5, 0.6) is 11.5 Å². The number of carbonyl (C=O) groups excluding carboxylic acids is 2. The zero-order valence-corrected chi connectivity index (χ0v) is 15.9. The van der Waals surface area contributed by atoms with Crippen molar-refractivity contribution in [1.29, 1.82) is 0 Å². The fourth-order valence-electron chi connectivity index (χ4n) is 3.11. The van der Waals surface area contributed by atoms with E-state index in [2.05, 4.69) is 16.2 Å². The number of benzene rings is 2. The Morgan fingerprint density at radius 1 is 1.04 bits per heavy atom. The Hall–Kier alpha value is -3.10. The Labute approximate surface area is 163 Å². The van der Waals surface area contributed by atoms with Crippen molar-refractivity contribution in [2.75, 3.05) is 26.6 Å². The van der Waals surface area contributed by atoms with E-state index in [4.69, 9.17) is 14.2 Å². The Kier molecular flexibility index (Phi) is 6.13. The van der Waals surface area contributed by atoms with Gasteiger partial charge in [-0.3, -0.25) is 4.79 Å². The van der Waals surface area contributed by atoms with Crippen molar-refractivity contribution >= 4 is 17.6 Å². The van der Waals surface area contributed by atoms with Crippen LogP contribution >= 0.6 is 0 Å². The molecule has 1 aliphatic rings. The average Bonchev–Trinajstić information content (AvgIpc) is 3.23. The van der Waals surface area contributed by atoms with E-state index in [1.807, 2.05) is 18.2 Å². The molecule has 1 heterocycles. The normalized spacial score (nSPS) is 18.4. The second kappa shape index (κ2) is 8.73. The van der Waals surface area contributed by atoms with E-state index in [0.29, 0.717) is 29.2 Å². The van der Waals surface area contributed by atoms with Crippen LogP contribution in [0, 0.1) is 0 Å². The third-order valence-corrected chi connectivity index (χ3v) is 4.59. The minimum atomic E-state index is -0.455. The summed E-state index contributed by atoms with van der Waals surface area (Å²) in [6.45, 7) is 0. The van der Waals surface area contributed by atoms with Gasteiger partial charge in [0.1, 0.15) is 17.5 Å². The van der Waals surface area contributed by atoms with E-state index in [1.165, 1.54) is 7.11 Å². The zero-order valence-electron chi connectivity index (χ0n) is 15.9. The number of amides is 1. The highest BCUT2D eigenvalue weighted by atomic mass is 16.5. The molecular formula is C20H23N3O5. The molecule has 0 aliphatic carbocycles. The minimum absolute atomic E-state index is 0.0991. The first-order valence-electron chi connectivity index (χ1n) is 8.78. The second-order valence-corrected chi connectivity index (χ2v) is 6.30. The monoisotopic (exact) mass is 385 g/mol. The van der Waals surface area contributed by atoms with Crippen LogP contribution in [0.1, 0.15) is 28.4 Å². The first kappa shape index (κ1) is 19.7. The summed E-state index contributed by atoms with van der Waals surface area (Å²) < 4.78 is 15.4. The molecule has 148 valence electrons. The van der Waals surface area contributed by atoms with Crippen LogP contribution in [0.2, 0.25) is 0 Å². The lowest BCUT2D eigenvalue weighted by Gasteiger charge is -2.15. The van der Waals surface area contributed by atoms with Gasteiger partial charge in [-0.2, -0.15) is 0 Å². The summed E-state index contributed by atoms with van der Waals surface area (Å²) in [6.07, 6.45) is 0.533. The van der Waals surface area contributed by atoms with Gasteiger partial charge in [-0.25, -0.2) is 15.6 Å². The van der Waals surface area contributed by atoms with Crippen LogP contribution < -0.4 is 25.6 Å². The Balaban J connectivity index is 1.67. The number of nitrogens with one attached hydrogen (secondary N) is 3. The fourth-order valence-corrected chi connectivity index (χ4v) is 3.11. The van der Waals surface area contributed by atoms with Crippen LogP contribution in [0.4, 0.5) is 5.69 Å². The summed E-state index contributed by atoms with van der Waals surface area (Å²) in [5.74, 6) is 0.727. The molecule has 28 heavy (non-hydrogen) atoms. The predicted octanol–water partition coefficient (Wildman–Crippen LogP) is 2.04. The number of hydrogen-bond donors (Lipinski definition) is 3. The maximum atomic E-state index is 12.6. The molecule has 1 fully saturated rings. The SMILES string of the molecule is COC(=O)c1cccc(NC(=O)C2CC(c3ccc(OC)cc3OC)NN2)c1. The summed E-state index contributed by atoms with van der Waals surface area (Å²) in [5, 5.41) is 2.82. The Morgan fingerprint density at radius 2 is 1.86 bits per heavy atom. The third kappa shape index (κ3) is 4.24. The lowest BCUT2D eigenvalue weighted by atomic mass is 10.0. The first-order chi connectivity index (χ1) is 13.5. The topological polar surface area (TPSA) is 97.9 Å². The molecular weight excluding hydrogens is 362 g/mol. The van der Waals surface area contributed by atoms with Gasteiger partial charge in [0.15, 0.2) is 0 Å². The number of anilines is 1. The molecule has 8 heteroatoms.